The van der Waals surface area contributed by atoms with Gasteiger partial charge in [-0.1, -0.05) is 13.8 Å². The Morgan fingerprint density at radius 1 is 1.50 bits per heavy atom. The van der Waals surface area contributed by atoms with Crippen molar-refractivity contribution in [2.24, 2.45) is 5.41 Å². The van der Waals surface area contributed by atoms with Crippen LogP contribution in [0, 0.1) is 5.41 Å². The fourth-order valence-corrected chi connectivity index (χ4v) is 1.62. The largest absolute Gasteiger partial charge is 0.480 e. The van der Waals surface area contributed by atoms with Gasteiger partial charge < -0.3 is 10.0 Å². The van der Waals surface area contributed by atoms with Crippen LogP contribution in [0.1, 0.15) is 33.1 Å². The van der Waals surface area contributed by atoms with E-state index in [-0.39, 0.29) is 17.9 Å². The smallest absolute Gasteiger partial charge is 0.323 e. The number of hydrogen-bond acceptors (Lipinski definition) is 2. The molecule has 80 valence electrons. The summed E-state index contributed by atoms with van der Waals surface area (Å²) in [4.78, 5) is 23.4. The van der Waals surface area contributed by atoms with Gasteiger partial charge in [0.05, 0.1) is 0 Å². The molecule has 1 fully saturated rings. The van der Waals surface area contributed by atoms with Crippen molar-refractivity contribution in [1.29, 1.82) is 0 Å². The summed E-state index contributed by atoms with van der Waals surface area (Å²) in [6.07, 6.45) is 2.20. The Balaban J connectivity index is 2.60. The van der Waals surface area contributed by atoms with Crippen LogP contribution in [0.25, 0.3) is 0 Å². The summed E-state index contributed by atoms with van der Waals surface area (Å²) in [5.74, 6) is -0.962. The maximum absolute atomic E-state index is 11.5. The zero-order valence-electron chi connectivity index (χ0n) is 8.75. The van der Waals surface area contributed by atoms with E-state index in [2.05, 4.69) is 13.8 Å². The van der Waals surface area contributed by atoms with Crippen molar-refractivity contribution in [2.75, 3.05) is 13.1 Å². The third kappa shape index (κ3) is 3.01. The van der Waals surface area contributed by atoms with Gasteiger partial charge in [-0.15, -0.1) is 0 Å². The van der Waals surface area contributed by atoms with Gasteiger partial charge in [0.1, 0.15) is 6.54 Å². The van der Waals surface area contributed by atoms with E-state index >= 15 is 0 Å². The second kappa shape index (κ2) is 3.98. The number of carbonyl (C=O) groups excluding carboxylic acids is 1. The first-order chi connectivity index (χ1) is 6.41. The van der Waals surface area contributed by atoms with Crippen molar-refractivity contribution in [3.05, 3.63) is 0 Å². The predicted molar refractivity (Wildman–Crippen MR) is 51.8 cm³/mol. The lowest BCUT2D eigenvalue weighted by atomic mass is 9.85. The van der Waals surface area contributed by atoms with E-state index in [1.807, 2.05) is 0 Å². The van der Waals surface area contributed by atoms with Gasteiger partial charge in [0.2, 0.25) is 5.91 Å². The van der Waals surface area contributed by atoms with Gasteiger partial charge in [0.15, 0.2) is 0 Å². The van der Waals surface area contributed by atoms with E-state index in [1.165, 1.54) is 4.90 Å². The molecule has 0 unspecified atom stereocenters. The van der Waals surface area contributed by atoms with Crippen molar-refractivity contribution in [3.8, 4) is 0 Å². The number of carbonyl (C=O) groups is 2. The van der Waals surface area contributed by atoms with Crippen molar-refractivity contribution < 1.29 is 14.7 Å². The van der Waals surface area contributed by atoms with Crippen LogP contribution in [0.2, 0.25) is 0 Å². The highest BCUT2D eigenvalue weighted by molar-refractivity contribution is 5.81. The number of nitrogens with zero attached hydrogens (tertiary/aromatic N) is 1. The summed E-state index contributed by atoms with van der Waals surface area (Å²) in [5, 5.41) is 8.61. The molecule has 1 amide bonds. The standard InChI is InChI=1S/C10H17NO3/c1-10(2)4-3-8(12)11(6-5-10)7-9(13)14/h3-7H2,1-2H3,(H,13,14). The summed E-state index contributed by atoms with van der Waals surface area (Å²) in [5.41, 5.74) is 0.156. The third-order valence-electron chi connectivity index (χ3n) is 2.75. The first kappa shape index (κ1) is 11.0. The maximum Gasteiger partial charge on any atom is 0.323 e. The Labute approximate surface area is 83.9 Å². The maximum atomic E-state index is 11.5. The number of hydrogen-bond donors (Lipinski definition) is 1. The quantitative estimate of drug-likeness (QED) is 0.724. The zero-order chi connectivity index (χ0) is 10.8. The minimum Gasteiger partial charge on any atom is -0.480 e. The van der Waals surface area contributed by atoms with Crippen LogP contribution in [-0.4, -0.2) is 35.0 Å². The van der Waals surface area contributed by atoms with Crippen molar-refractivity contribution in [3.63, 3.8) is 0 Å². The van der Waals surface area contributed by atoms with Crippen molar-refractivity contribution in [1.82, 2.24) is 4.90 Å². The molecule has 0 aromatic rings. The predicted octanol–water partition coefficient (Wildman–Crippen LogP) is 1.11. The number of amides is 1. The van der Waals surface area contributed by atoms with Crippen LogP contribution in [0.15, 0.2) is 0 Å². The Bertz CT molecular complexity index is 248. The van der Waals surface area contributed by atoms with Gasteiger partial charge in [0, 0.05) is 13.0 Å². The first-order valence-electron chi connectivity index (χ1n) is 4.90. The number of rotatable bonds is 2. The van der Waals surface area contributed by atoms with Crippen LogP contribution in [0.5, 0.6) is 0 Å². The van der Waals surface area contributed by atoms with E-state index in [4.69, 9.17) is 5.11 Å². The van der Waals surface area contributed by atoms with Gasteiger partial charge in [0.25, 0.3) is 0 Å². The molecule has 0 aromatic heterocycles. The Morgan fingerprint density at radius 3 is 2.71 bits per heavy atom. The molecule has 0 saturated carbocycles. The average molecular weight is 199 g/mol. The molecular weight excluding hydrogens is 182 g/mol. The molecule has 4 heteroatoms. The van der Waals surface area contributed by atoms with Gasteiger partial charge in [-0.3, -0.25) is 9.59 Å². The lowest BCUT2D eigenvalue weighted by Crippen LogP contribution is -2.35. The SMILES string of the molecule is CC1(C)CCC(=O)N(CC(=O)O)CC1. The van der Waals surface area contributed by atoms with E-state index in [0.29, 0.717) is 13.0 Å². The van der Waals surface area contributed by atoms with E-state index in [9.17, 15) is 9.59 Å². The molecule has 1 aliphatic heterocycles. The molecule has 0 radical (unpaired) electrons. The Morgan fingerprint density at radius 2 is 2.14 bits per heavy atom. The second-order valence-corrected chi connectivity index (χ2v) is 4.62. The normalized spacial score (nSPS) is 21.9. The monoisotopic (exact) mass is 199 g/mol. The molecule has 1 N–H and O–H groups in total. The Kier molecular flexibility index (Phi) is 3.13. The molecule has 1 rings (SSSR count). The highest BCUT2D eigenvalue weighted by Crippen LogP contribution is 2.30. The molecule has 1 saturated heterocycles. The van der Waals surface area contributed by atoms with Gasteiger partial charge in [-0.05, 0) is 18.3 Å². The van der Waals surface area contributed by atoms with Crippen LogP contribution in [0.4, 0.5) is 0 Å². The Hall–Kier alpha value is -1.06. The molecule has 0 bridgehead atoms. The van der Waals surface area contributed by atoms with E-state index in [0.717, 1.165) is 12.8 Å². The highest BCUT2D eigenvalue weighted by atomic mass is 16.4. The molecule has 14 heavy (non-hydrogen) atoms. The average Bonchev–Trinajstić information content (AvgIpc) is 2.17. The summed E-state index contributed by atoms with van der Waals surface area (Å²) in [7, 11) is 0. The molecule has 0 aliphatic carbocycles. The third-order valence-corrected chi connectivity index (χ3v) is 2.75. The molecular formula is C10H17NO3. The molecule has 0 aromatic carbocycles. The van der Waals surface area contributed by atoms with Crippen LogP contribution in [0.3, 0.4) is 0 Å². The summed E-state index contributed by atoms with van der Waals surface area (Å²) >= 11 is 0. The van der Waals surface area contributed by atoms with E-state index < -0.39 is 5.97 Å². The molecule has 0 atom stereocenters. The molecule has 1 aliphatic rings. The minimum absolute atomic E-state index is 0.0297. The van der Waals surface area contributed by atoms with Crippen molar-refractivity contribution >= 4 is 11.9 Å². The van der Waals surface area contributed by atoms with Gasteiger partial charge in [-0.2, -0.15) is 0 Å². The lowest BCUT2D eigenvalue weighted by molar-refractivity contribution is -0.144. The summed E-state index contributed by atoms with van der Waals surface area (Å²) in [6, 6.07) is 0. The lowest BCUT2D eigenvalue weighted by Gasteiger charge is -2.22. The molecule has 1 heterocycles. The van der Waals surface area contributed by atoms with Gasteiger partial charge in [-0.25, -0.2) is 0 Å². The zero-order valence-corrected chi connectivity index (χ0v) is 8.75. The topological polar surface area (TPSA) is 57.6 Å². The van der Waals surface area contributed by atoms with E-state index in [1.54, 1.807) is 0 Å². The second-order valence-electron chi connectivity index (χ2n) is 4.62. The number of aliphatic carboxylic acids is 1. The molecule has 4 nitrogen and oxygen atoms in total. The van der Waals surface area contributed by atoms with Gasteiger partial charge >= 0.3 is 5.97 Å². The minimum atomic E-state index is -0.932. The number of carboxylic acid groups (broad SMARTS) is 1. The van der Waals surface area contributed by atoms with Crippen LogP contribution < -0.4 is 0 Å². The first-order valence-corrected chi connectivity index (χ1v) is 4.90. The van der Waals surface area contributed by atoms with Crippen molar-refractivity contribution in [2.45, 2.75) is 33.1 Å². The van der Waals surface area contributed by atoms with Crippen LogP contribution in [-0.2, 0) is 9.59 Å². The molecule has 0 spiro atoms. The number of likely N-dealkylation sites (tertiary alicyclic amines) is 1. The van der Waals surface area contributed by atoms with Crippen LogP contribution >= 0.6 is 0 Å². The fraction of sp³-hybridized carbons (Fsp3) is 0.800. The highest BCUT2D eigenvalue weighted by Gasteiger charge is 2.27. The fourth-order valence-electron chi connectivity index (χ4n) is 1.62. The number of carboxylic acids is 1. The summed E-state index contributed by atoms with van der Waals surface area (Å²) < 4.78 is 0. The summed E-state index contributed by atoms with van der Waals surface area (Å²) in [6.45, 7) is 4.64.